The van der Waals surface area contributed by atoms with Gasteiger partial charge in [-0.2, -0.15) is 0 Å². The van der Waals surface area contributed by atoms with Crippen LogP contribution in [0.3, 0.4) is 0 Å². The number of anilines is 1. The van der Waals surface area contributed by atoms with E-state index in [0.717, 1.165) is 25.5 Å². The molecule has 0 spiro atoms. The Kier molecular flexibility index (Phi) is 11.8. The molecule has 0 radical (unpaired) electrons. The first-order valence-corrected chi connectivity index (χ1v) is 17.0. The van der Waals surface area contributed by atoms with Crippen molar-refractivity contribution in [1.29, 1.82) is 0 Å². The van der Waals surface area contributed by atoms with Crippen molar-refractivity contribution in [2.45, 2.75) is 44.7 Å². The number of nitrogens with zero attached hydrogens (tertiary/aromatic N) is 2. The molecule has 45 heavy (non-hydrogen) atoms. The van der Waals surface area contributed by atoms with Crippen molar-refractivity contribution >= 4 is 43.5 Å². The summed E-state index contributed by atoms with van der Waals surface area (Å²) in [7, 11) is -4.24. The molecule has 1 N–H and O–H groups in total. The Morgan fingerprint density at radius 3 is 2.20 bits per heavy atom. The lowest BCUT2D eigenvalue weighted by molar-refractivity contribution is -0.140. The summed E-state index contributed by atoms with van der Waals surface area (Å²) in [6.45, 7) is 5.69. The summed E-state index contributed by atoms with van der Waals surface area (Å²) in [5.41, 5.74) is 2.78. The van der Waals surface area contributed by atoms with Crippen molar-refractivity contribution in [1.82, 2.24) is 10.2 Å². The zero-order chi connectivity index (χ0) is 32.4. The van der Waals surface area contributed by atoms with Crippen LogP contribution in [0.15, 0.2) is 112 Å². The first-order valence-electron chi connectivity index (χ1n) is 14.8. The number of para-hydroxylation sites is 2. The second-order valence-electron chi connectivity index (χ2n) is 10.5. The van der Waals surface area contributed by atoms with Crippen molar-refractivity contribution in [3.05, 3.63) is 124 Å². The van der Waals surface area contributed by atoms with E-state index in [4.69, 9.17) is 4.74 Å². The van der Waals surface area contributed by atoms with Crippen LogP contribution in [-0.4, -0.2) is 50.9 Å². The van der Waals surface area contributed by atoms with Crippen molar-refractivity contribution < 1.29 is 22.7 Å². The number of halogens is 1. The summed E-state index contributed by atoms with van der Waals surface area (Å²) in [5.74, 6) is -0.539. The number of carbonyl (C=O) groups is 2. The first kappa shape index (κ1) is 33.7. The number of amides is 2. The predicted molar refractivity (Wildman–Crippen MR) is 181 cm³/mol. The lowest BCUT2D eigenvalue weighted by Crippen LogP contribution is -2.53. The molecule has 1 atom stereocenters. The highest BCUT2D eigenvalue weighted by molar-refractivity contribution is 9.10. The zero-order valence-corrected chi connectivity index (χ0v) is 28.1. The van der Waals surface area contributed by atoms with Gasteiger partial charge in [0.25, 0.3) is 10.0 Å². The topological polar surface area (TPSA) is 96.0 Å². The molecule has 4 aromatic carbocycles. The molecule has 0 aliphatic rings. The van der Waals surface area contributed by atoms with Crippen molar-refractivity contribution in [2.75, 3.05) is 24.0 Å². The maximum atomic E-state index is 14.5. The molecule has 0 saturated heterocycles. The molecule has 4 aromatic rings. The largest absolute Gasteiger partial charge is 0.492 e. The van der Waals surface area contributed by atoms with Crippen LogP contribution in [0.25, 0.3) is 0 Å². The molecular formula is C35H38BrN3O5S. The van der Waals surface area contributed by atoms with Gasteiger partial charge < -0.3 is 15.0 Å². The van der Waals surface area contributed by atoms with E-state index in [2.05, 4.69) is 21.2 Å². The first-order chi connectivity index (χ1) is 21.6. The molecule has 2 amide bonds. The van der Waals surface area contributed by atoms with Crippen LogP contribution in [0.1, 0.15) is 30.5 Å². The lowest BCUT2D eigenvalue weighted by atomic mass is 10.0. The average Bonchev–Trinajstić information content (AvgIpc) is 3.03. The van der Waals surface area contributed by atoms with Crippen LogP contribution in [0.4, 0.5) is 5.69 Å². The van der Waals surface area contributed by atoms with Crippen molar-refractivity contribution in [3.8, 4) is 5.75 Å². The fraction of sp³-hybridized carbons (Fsp3) is 0.257. The lowest BCUT2D eigenvalue weighted by Gasteiger charge is -2.34. The van der Waals surface area contributed by atoms with Gasteiger partial charge in [0.2, 0.25) is 11.8 Å². The molecule has 10 heteroatoms. The molecule has 236 valence electrons. The molecule has 8 nitrogen and oxygen atoms in total. The normalized spacial score (nSPS) is 11.8. The fourth-order valence-electron chi connectivity index (χ4n) is 4.97. The smallest absolute Gasteiger partial charge is 0.264 e. The van der Waals surface area contributed by atoms with E-state index in [1.165, 1.54) is 17.0 Å². The SMILES string of the molecule is CCNC(=O)[C@H](Cc1ccccc1)N(Cc1cccc(Br)c1)C(=O)CN(c1ccccc1OCC)S(=O)(=O)c1ccc(C)cc1. The van der Waals surface area contributed by atoms with E-state index < -0.39 is 28.5 Å². The van der Waals surface area contributed by atoms with E-state index in [0.29, 0.717) is 18.9 Å². The van der Waals surface area contributed by atoms with E-state index in [1.54, 1.807) is 43.3 Å². The van der Waals surface area contributed by atoms with E-state index >= 15 is 0 Å². The standard InChI is InChI=1S/C35H38BrN3O5S/c1-4-37-35(41)32(23-27-12-7-6-8-13-27)38(24-28-14-11-15-29(36)22-28)34(40)25-39(31-16-9-10-17-33(31)44-5-2)45(42,43)30-20-18-26(3)19-21-30/h6-22,32H,4-5,23-25H2,1-3H3,(H,37,41)/t32-/m0/s1. The van der Waals surface area contributed by atoms with E-state index in [-0.39, 0.29) is 29.5 Å². The zero-order valence-electron chi connectivity index (χ0n) is 25.6. The number of hydrogen-bond donors (Lipinski definition) is 1. The van der Waals surface area contributed by atoms with Gasteiger partial charge in [-0.3, -0.25) is 13.9 Å². The van der Waals surface area contributed by atoms with Crippen LogP contribution < -0.4 is 14.4 Å². The highest BCUT2D eigenvalue weighted by Crippen LogP contribution is 2.33. The van der Waals surface area contributed by atoms with Gasteiger partial charge in [-0.1, -0.05) is 88.2 Å². The Hall–Kier alpha value is -4.15. The summed E-state index contributed by atoms with van der Waals surface area (Å²) < 4.78 is 36.3. The van der Waals surface area contributed by atoms with Gasteiger partial charge in [-0.15, -0.1) is 0 Å². The van der Waals surface area contributed by atoms with Crippen molar-refractivity contribution in [3.63, 3.8) is 0 Å². The summed E-state index contributed by atoms with van der Waals surface area (Å²) in [4.78, 5) is 29.7. The summed E-state index contributed by atoms with van der Waals surface area (Å²) in [5, 5.41) is 2.88. The molecule has 0 bridgehead atoms. The molecule has 0 heterocycles. The van der Waals surface area contributed by atoms with E-state index in [9.17, 15) is 18.0 Å². The number of carbonyl (C=O) groups excluding carboxylic acids is 2. The van der Waals surface area contributed by atoms with Gasteiger partial charge in [0, 0.05) is 24.0 Å². The maximum Gasteiger partial charge on any atom is 0.264 e. The average molecular weight is 693 g/mol. The Bertz CT molecular complexity index is 1700. The highest BCUT2D eigenvalue weighted by atomic mass is 79.9. The number of benzene rings is 4. The predicted octanol–water partition coefficient (Wildman–Crippen LogP) is 6.13. The van der Waals surface area contributed by atoms with E-state index in [1.807, 2.05) is 68.4 Å². The van der Waals surface area contributed by atoms with Gasteiger partial charge >= 0.3 is 0 Å². The number of sulfonamides is 1. The third kappa shape index (κ3) is 8.73. The summed E-state index contributed by atoms with van der Waals surface area (Å²) in [6, 6.07) is 29.2. The number of likely N-dealkylation sites (N-methyl/N-ethyl adjacent to an activating group) is 1. The summed E-state index contributed by atoms with van der Waals surface area (Å²) in [6.07, 6.45) is 0.243. The third-order valence-corrected chi connectivity index (χ3v) is 9.45. The van der Waals surface area contributed by atoms with Crippen LogP contribution >= 0.6 is 15.9 Å². The molecule has 4 rings (SSSR count). The highest BCUT2D eigenvalue weighted by Gasteiger charge is 2.35. The number of ether oxygens (including phenoxy) is 1. The Morgan fingerprint density at radius 2 is 1.53 bits per heavy atom. The van der Waals surface area contributed by atoms with Crippen LogP contribution in [0.2, 0.25) is 0 Å². The molecule has 0 aliphatic heterocycles. The minimum Gasteiger partial charge on any atom is -0.492 e. The van der Waals surface area contributed by atoms with Gasteiger partial charge in [-0.25, -0.2) is 8.42 Å². The van der Waals surface area contributed by atoms with Gasteiger partial charge in [-0.05, 0) is 68.3 Å². The van der Waals surface area contributed by atoms with Crippen LogP contribution in [0.5, 0.6) is 5.75 Å². The van der Waals surface area contributed by atoms with Gasteiger partial charge in [0.15, 0.2) is 0 Å². The van der Waals surface area contributed by atoms with Crippen LogP contribution in [-0.2, 0) is 32.6 Å². The second-order valence-corrected chi connectivity index (χ2v) is 13.3. The van der Waals surface area contributed by atoms with Crippen LogP contribution in [0, 0.1) is 6.92 Å². The molecule has 0 aromatic heterocycles. The Morgan fingerprint density at radius 1 is 0.867 bits per heavy atom. The van der Waals surface area contributed by atoms with Gasteiger partial charge in [0.1, 0.15) is 18.3 Å². The molecular weight excluding hydrogens is 654 g/mol. The molecule has 0 aliphatic carbocycles. The molecule has 0 saturated carbocycles. The Balaban J connectivity index is 1.83. The Labute approximate surface area is 274 Å². The number of hydrogen-bond acceptors (Lipinski definition) is 5. The minimum absolute atomic E-state index is 0.0373. The monoisotopic (exact) mass is 691 g/mol. The molecule has 0 fully saturated rings. The third-order valence-electron chi connectivity index (χ3n) is 7.19. The molecule has 0 unspecified atom stereocenters. The minimum atomic E-state index is -4.24. The fourth-order valence-corrected chi connectivity index (χ4v) is 6.84. The number of nitrogens with one attached hydrogen (secondary N) is 1. The van der Waals surface area contributed by atoms with Gasteiger partial charge in [0.05, 0.1) is 17.2 Å². The number of aryl methyl sites for hydroxylation is 1. The quantitative estimate of drug-likeness (QED) is 0.172. The van der Waals surface area contributed by atoms with Crippen molar-refractivity contribution in [2.24, 2.45) is 0 Å². The maximum absolute atomic E-state index is 14.5. The number of rotatable bonds is 14. The summed E-state index contributed by atoms with van der Waals surface area (Å²) >= 11 is 3.50. The second kappa shape index (κ2) is 15.7.